The molecule has 27 heavy (non-hydrogen) atoms. The van der Waals surface area contributed by atoms with E-state index >= 15 is 0 Å². The van der Waals surface area contributed by atoms with Crippen molar-refractivity contribution in [2.24, 2.45) is 17.8 Å². The summed E-state index contributed by atoms with van der Waals surface area (Å²) in [6.07, 6.45) is 0.844. The summed E-state index contributed by atoms with van der Waals surface area (Å²) in [5.74, 6) is -0.329. The van der Waals surface area contributed by atoms with Gasteiger partial charge in [-0.25, -0.2) is 4.98 Å². The number of esters is 1. The Kier molecular flexibility index (Phi) is 5.53. The normalized spacial score (nSPS) is 19.8. The van der Waals surface area contributed by atoms with Crippen molar-refractivity contribution in [3.63, 3.8) is 0 Å². The number of para-hydroxylation sites is 2. The Morgan fingerprint density at radius 2 is 1.93 bits per heavy atom. The Balaban J connectivity index is 2.19. The Hall–Kier alpha value is -2.37. The van der Waals surface area contributed by atoms with Crippen LogP contribution in [0.25, 0.3) is 11.0 Å². The number of carbonyl (C=O) groups is 2. The number of hydrogen-bond acceptors (Lipinski definition) is 4. The van der Waals surface area contributed by atoms with E-state index in [9.17, 15) is 9.59 Å². The molecule has 2 aromatic rings. The molecule has 0 saturated heterocycles. The van der Waals surface area contributed by atoms with Crippen molar-refractivity contribution in [1.29, 1.82) is 0 Å². The van der Waals surface area contributed by atoms with Crippen LogP contribution in [0.3, 0.4) is 0 Å². The fourth-order valence-electron chi connectivity index (χ4n) is 3.83. The van der Waals surface area contributed by atoms with Crippen LogP contribution < -0.4 is 4.90 Å². The molecule has 1 aliphatic rings. The zero-order valence-corrected chi connectivity index (χ0v) is 16.8. The molecule has 0 radical (unpaired) electrons. The van der Waals surface area contributed by atoms with Crippen LogP contribution >= 0.6 is 0 Å². The predicted molar refractivity (Wildman–Crippen MR) is 106 cm³/mol. The number of carbonyl (C=O) groups excluding carboxylic acids is 2. The number of anilines is 1. The van der Waals surface area contributed by atoms with Crippen LogP contribution in [0.5, 0.6) is 0 Å². The zero-order chi connectivity index (χ0) is 19.7. The fraction of sp³-hybridized carbons (Fsp3) is 0.571. The molecule has 0 unspecified atom stereocenters. The molecule has 6 heteroatoms. The smallest absolute Gasteiger partial charge is 0.320 e. The van der Waals surface area contributed by atoms with E-state index < -0.39 is 11.9 Å². The Morgan fingerprint density at radius 3 is 2.56 bits per heavy atom. The van der Waals surface area contributed by atoms with Gasteiger partial charge in [-0.2, -0.15) is 0 Å². The summed E-state index contributed by atoms with van der Waals surface area (Å²) in [7, 11) is 0. The van der Waals surface area contributed by atoms with Gasteiger partial charge in [0, 0.05) is 6.54 Å². The maximum atomic E-state index is 13.4. The zero-order valence-electron chi connectivity index (χ0n) is 16.8. The molecule has 1 aromatic heterocycles. The van der Waals surface area contributed by atoms with Gasteiger partial charge >= 0.3 is 5.97 Å². The number of fused-ring (bicyclic) bond motifs is 3. The molecular formula is C21H29N3O3. The van der Waals surface area contributed by atoms with Gasteiger partial charge < -0.3 is 9.30 Å². The summed E-state index contributed by atoms with van der Waals surface area (Å²) >= 11 is 0. The number of nitrogens with zero attached hydrogens (tertiary/aromatic N) is 3. The standard InChI is InChI=1S/C21H29N3O3/c1-6-27-20(26)17-18(14(4)5)24-16-10-8-7-9-15(16)22-21(24)23(19(17)25)12-11-13(2)3/h7-10,13-14,17-18H,6,11-12H2,1-5H3/t17-,18-/m1/s1. The first-order valence-corrected chi connectivity index (χ1v) is 9.81. The molecule has 2 atom stereocenters. The van der Waals surface area contributed by atoms with Crippen molar-refractivity contribution in [1.82, 2.24) is 9.55 Å². The van der Waals surface area contributed by atoms with Gasteiger partial charge in [-0.05, 0) is 37.3 Å². The number of benzene rings is 1. The SMILES string of the molecule is CCOC(=O)[C@H]1C(=O)N(CCC(C)C)c2nc3ccccc3n2[C@@H]1C(C)C. The first-order valence-electron chi connectivity index (χ1n) is 9.81. The number of hydrogen-bond donors (Lipinski definition) is 0. The highest BCUT2D eigenvalue weighted by molar-refractivity contribution is 6.08. The van der Waals surface area contributed by atoms with E-state index in [0.717, 1.165) is 17.5 Å². The van der Waals surface area contributed by atoms with Crippen molar-refractivity contribution >= 4 is 28.9 Å². The molecule has 3 rings (SSSR count). The van der Waals surface area contributed by atoms with Gasteiger partial charge in [0.25, 0.3) is 0 Å². The number of ether oxygens (including phenoxy) is 1. The molecule has 0 bridgehead atoms. The quantitative estimate of drug-likeness (QED) is 0.572. The molecule has 1 aliphatic heterocycles. The van der Waals surface area contributed by atoms with Gasteiger partial charge in [-0.15, -0.1) is 0 Å². The van der Waals surface area contributed by atoms with E-state index in [4.69, 9.17) is 9.72 Å². The average Bonchev–Trinajstić information content (AvgIpc) is 2.98. The van der Waals surface area contributed by atoms with Gasteiger partial charge in [0.2, 0.25) is 11.9 Å². The second-order valence-electron chi connectivity index (χ2n) is 7.91. The summed E-state index contributed by atoms with van der Waals surface area (Å²) in [6.45, 7) is 10.9. The minimum absolute atomic E-state index is 0.0759. The summed E-state index contributed by atoms with van der Waals surface area (Å²) in [6, 6.07) is 7.54. The first kappa shape index (κ1) is 19.4. The average molecular weight is 371 g/mol. The van der Waals surface area contributed by atoms with Gasteiger partial charge in [-0.1, -0.05) is 39.8 Å². The lowest BCUT2D eigenvalue weighted by molar-refractivity contribution is -0.154. The highest BCUT2D eigenvalue weighted by atomic mass is 16.5. The van der Waals surface area contributed by atoms with E-state index in [1.165, 1.54) is 0 Å². The second kappa shape index (κ2) is 7.71. The molecule has 1 aromatic carbocycles. The van der Waals surface area contributed by atoms with Crippen molar-refractivity contribution < 1.29 is 14.3 Å². The predicted octanol–water partition coefficient (Wildman–Crippen LogP) is 3.81. The van der Waals surface area contributed by atoms with Crippen molar-refractivity contribution in [3.05, 3.63) is 24.3 Å². The number of amides is 1. The van der Waals surface area contributed by atoms with E-state index in [0.29, 0.717) is 18.4 Å². The lowest BCUT2D eigenvalue weighted by Crippen LogP contribution is -2.51. The molecule has 0 fully saturated rings. The highest BCUT2D eigenvalue weighted by Crippen LogP contribution is 2.41. The van der Waals surface area contributed by atoms with Crippen LogP contribution in [0.15, 0.2) is 24.3 Å². The van der Waals surface area contributed by atoms with Crippen LogP contribution in [0.2, 0.25) is 0 Å². The molecule has 0 saturated carbocycles. The minimum atomic E-state index is -0.845. The Labute approximate surface area is 160 Å². The van der Waals surface area contributed by atoms with Gasteiger partial charge in [0.15, 0.2) is 5.92 Å². The topological polar surface area (TPSA) is 64.4 Å². The third-order valence-corrected chi connectivity index (χ3v) is 5.14. The molecule has 0 aliphatic carbocycles. The molecular weight excluding hydrogens is 342 g/mol. The molecule has 0 spiro atoms. The molecule has 6 nitrogen and oxygen atoms in total. The molecule has 0 N–H and O–H groups in total. The van der Waals surface area contributed by atoms with Crippen LogP contribution in [0, 0.1) is 17.8 Å². The van der Waals surface area contributed by atoms with Crippen LogP contribution in [-0.2, 0) is 14.3 Å². The molecule has 1 amide bonds. The van der Waals surface area contributed by atoms with E-state index in [2.05, 4.69) is 18.4 Å². The van der Waals surface area contributed by atoms with E-state index in [1.807, 2.05) is 38.1 Å². The third-order valence-electron chi connectivity index (χ3n) is 5.14. The third kappa shape index (κ3) is 3.45. The monoisotopic (exact) mass is 371 g/mol. The van der Waals surface area contributed by atoms with Crippen molar-refractivity contribution in [2.45, 2.75) is 47.1 Å². The lowest BCUT2D eigenvalue weighted by Gasteiger charge is -2.39. The van der Waals surface area contributed by atoms with Gasteiger partial charge in [-0.3, -0.25) is 14.5 Å². The minimum Gasteiger partial charge on any atom is -0.465 e. The van der Waals surface area contributed by atoms with Gasteiger partial charge in [0.1, 0.15) is 0 Å². The van der Waals surface area contributed by atoms with E-state index in [-0.39, 0.29) is 24.5 Å². The summed E-state index contributed by atoms with van der Waals surface area (Å²) in [5.41, 5.74) is 1.78. The van der Waals surface area contributed by atoms with Crippen molar-refractivity contribution in [3.8, 4) is 0 Å². The number of aromatic nitrogens is 2. The first-order chi connectivity index (χ1) is 12.9. The molecule has 146 valence electrons. The van der Waals surface area contributed by atoms with Crippen LogP contribution in [0.1, 0.15) is 47.1 Å². The summed E-state index contributed by atoms with van der Waals surface area (Å²) in [5, 5.41) is 0. The van der Waals surface area contributed by atoms with Crippen LogP contribution in [-0.4, -0.2) is 34.6 Å². The van der Waals surface area contributed by atoms with Crippen molar-refractivity contribution in [2.75, 3.05) is 18.1 Å². The molecule has 2 heterocycles. The number of rotatable bonds is 6. The van der Waals surface area contributed by atoms with Gasteiger partial charge in [0.05, 0.1) is 23.7 Å². The number of imidazole rings is 1. The second-order valence-corrected chi connectivity index (χ2v) is 7.91. The Bertz CT molecular complexity index is 840. The lowest BCUT2D eigenvalue weighted by atomic mass is 9.87. The van der Waals surface area contributed by atoms with E-state index in [1.54, 1.807) is 11.8 Å². The van der Waals surface area contributed by atoms with Crippen LogP contribution in [0.4, 0.5) is 5.95 Å². The maximum absolute atomic E-state index is 13.4. The maximum Gasteiger partial charge on any atom is 0.320 e. The summed E-state index contributed by atoms with van der Waals surface area (Å²) in [4.78, 5) is 32.6. The highest BCUT2D eigenvalue weighted by Gasteiger charge is 2.48. The fourth-order valence-corrected chi connectivity index (χ4v) is 3.83. The summed E-state index contributed by atoms with van der Waals surface area (Å²) < 4.78 is 7.36. The Morgan fingerprint density at radius 1 is 1.22 bits per heavy atom. The largest absolute Gasteiger partial charge is 0.465 e.